The highest BCUT2D eigenvalue weighted by Gasteiger charge is 2.20. The normalized spacial score (nSPS) is 26.3. The van der Waals surface area contributed by atoms with Gasteiger partial charge in [-0.2, -0.15) is 5.10 Å². The average molecular weight is 266 g/mol. The lowest BCUT2D eigenvalue weighted by Crippen LogP contribution is -2.41. The van der Waals surface area contributed by atoms with E-state index in [1.165, 1.54) is 5.56 Å². The predicted octanol–water partition coefficient (Wildman–Crippen LogP) is 2.20. The topological polar surface area (TPSA) is 42.2 Å². The quantitative estimate of drug-likeness (QED) is 0.912. The summed E-state index contributed by atoms with van der Waals surface area (Å²) >= 11 is 1.83. The lowest BCUT2D eigenvalue weighted by atomic mass is 10.1. The Balaban J connectivity index is 2.02. The van der Waals surface area contributed by atoms with Crippen molar-refractivity contribution in [1.82, 2.24) is 15.1 Å². The summed E-state index contributed by atoms with van der Waals surface area (Å²) in [6, 6.07) is 0.518. The fraction of sp³-hybridized carbons (Fsp3) is 0.692. The minimum atomic E-state index is 0.518. The van der Waals surface area contributed by atoms with E-state index in [2.05, 4.69) is 42.4 Å². The van der Waals surface area contributed by atoms with Crippen LogP contribution in [0, 0.1) is 5.92 Å². The van der Waals surface area contributed by atoms with Gasteiger partial charge in [-0.3, -0.25) is 9.67 Å². The van der Waals surface area contributed by atoms with E-state index in [4.69, 9.17) is 0 Å². The summed E-state index contributed by atoms with van der Waals surface area (Å²) in [7, 11) is 1.97. The van der Waals surface area contributed by atoms with Crippen molar-refractivity contribution >= 4 is 16.9 Å². The fourth-order valence-electron chi connectivity index (χ4n) is 2.00. The van der Waals surface area contributed by atoms with Gasteiger partial charge in [0.25, 0.3) is 0 Å². The Hall–Kier alpha value is -0.970. The summed E-state index contributed by atoms with van der Waals surface area (Å²) in [5.41, 5.74) is 2.39. The van der Waals surface area contributed by atoms with Gasteiger partial charge < -0.3 is 5.32 Å². The first-order valence-corrected chi connectivity index (χ1v) is 7.54. The highest BCUT2D eigenvalue weighted by molar-refractivity contribution is 8.13. The molecule has 2 unspecified atom stereocenters. The van der Waals surface area contributed by atoms with Crippen molar-refractivity contribution in [2.75, 3.05) is 5.75 Å². The average Bonchev–Trinajstić information content (AvgIpc) is 2.71. The van der Waals surface area contributed by atoms with Crippen LogP contribution in [0.4, 0.5) is 0 Å². The lowest BCUT2D eigenvalue weighted by Gasteiger charge is -2.28. The molecule has 1 aliphatic rings. The molecule has 100 valence electrons. The van der Waals surface area contributed by atoms with Crippen molar-refractivity contribution in [2.45, 2.75) is 39.8 Å². The number of amidine groups is 1. The van der Waals surface area contributed by atoms with Crippen molar-refractivity contribution in [2.24, 2.45) is 18.0 Å². The minimum Gasteiger partial charge on any atom is -0.362 e. The SMILES string of the molecule is CCc1nn(C)cc1CN=C1NC(C)C(C)CS1. The molecule has 1 aliphatic heterocycles. The van der Waals surface area contributed by atoms with Gasteiger partial charge in [0.2, 0.25) is 0 Å². The number of hydrogen-bond donors (Lipinski definition) is 1. The van der Waals surface area contributed by atoms with Crippen molar-refractivity contribution in [3.63, 3.8) is 0 Å². The van der Waals surface area contributed by atoms with Crippen LogP contribution < -0.4 is 5.32 Å². The molecule has 0 spiro atoms. The highest BCUT2D eigenvalue weighted by atomic mass is 32.2. The maximum Gasteiger partial charge on any atom is 0.157 e. The van der Waals surface area contributed by atoms with Gasteiger partial charge in [0.05, 0.1) is 12.2 Å². The van der Waals surface area contributed by atoms with Crippen molar-refractivity contribution in [1.29, 1.82) is 0 Å². The van der Waals surface area contributed by atoms with E-state index in [-0.39, 0.29) is 0 Å². The summed E-state index contributed by atoms with van der Waals surface area (Å²) in [6.07, 6.45) is 3.04. The first kappa shape index (κ1) is 13.5. The van der Waals surface area contributed by atoms with Gasteiger partial charge in [-0.05, 0) is 19.3 Å². The van der Waals surface area contributed by atoms with Gasteiger partial charge in [-0.25, -0.2) is 0 Å². The Morgan fingerprint density at radius 2 is 2.33 bits per heavy atom. The minimum absolute atomic E-state index is 0.518. The van der Waals surface area contributed by atoms with Crippen LogP contribution in [-0.2, 0) is 20.0 Å². The first-order chi connectivity index (χ1) is 8.60. The molecule has 0 bridgehead atoms. The third-order valence-corrected chi connectivity index (χ3v) is 4.62. The van der Waals surface area contributed by atoms with Crippen LogP contribution in [0.3, 0.4) is 0 Å². The van der Waals surface area contributed by atoms with E-state index in [1.807, 2.05) is 23.5 Å². The summed E-state index contributed by atoms with van der Waals surface area (Å²) in [5.74, 6) is 1.86. The summed E-state index contributed by atoms with van der Waals surface area (Å²) in [4.78, 5) is 4.68. The van der Waals surface area contributed by atoms with Crippen molar-refractivity contribution in [3.05, 3.63) is 17.5 Å². The predicted molar refractivity (Wildman–Crippen MR) is 77.9 cm³/mol. The van der Waals surface area contributed by atoms with Crippen LogP contribution >= 0.6 is 11.8 Å². The molecule has 1 fully saturated rings. The van der Waals surface area contributed by atoms with Crippen LogP contribution in [0.25, 0.3) is 0 Å². The molecular weight excluding hydrogens is 244 g/mol. The molecule has 1 aromatic rings. The maximum absolute atomic E-state index is 4.68. The zero-order valence-electron chi connectivity index (χ0n) is 11.6. The highest BCUT2D eigenvalue weighted by Crippen LogP contribution is 2.20. The van der Waals surface area contributed by atoms with Gasteiger partial charge in [-0.1, -0.05) is 25.6 Å². The number of rotatable bonds is 3. The molecule has 0 radical (unpaired) electrons. The second kappa shape index (κ2) is 5.78. The third kappa shape index (κ3) is 3.07. The number of nitrogens with zero attached hydrogens (tertiary/aromatic N) is 3. The van der Waals surface area contributed by atoms with E-state index in [0.29, 0.717) is 12.0 Å². The number of aryl methyl sites for hydroxylation is 2. The molecule has 4 nitrogen and oxygen atoms in total. The number of nitrogens with one attached hydrogen (secondary N) is 1. The van der Waals surface area contributed by atoms with E-state index in [1.54, 1.807) is 0 Å². The molecular formula is C13H22N4S. The van der Waals surface area contributed by atoms with Crippen LogP contribution in [0.1, 0.15) is 32.0 Å². The fourth-order valence-corrected chi connectivity index (χ4v) is 3.13. The van der Waals surface area contributed by atoms with Crippen molar-refractivity contribution in [3.8, 4) is 0 Å². The second-order valence-electron chi connectivity index (χ2n) is 4.97. The molecule has 18 heavy (non-hydrogen) atoms. The standard InChI is InChI=1S/C13H22N4S/c1-5-12-11(7-17(4)16-12)6-14-13-15-10(3)9(2)8-18-13/h7,9-10H,5-6,8H2,1-4H3,(H,14,15). The molecule has 1 saturated heterocycles. The summed E-state index contributed by atoms with van der Waals surface area (Å²) in [5, 5.41) is 8.98. The maximum atomic E-state index is 4.68. The molecule has 1 aromatic heterocycles. The lowest BCUT2D eigenvalue weighted by molar-refractivity contribution is 0.490. The largest absolute Gasteiger partial charge is 0.362 e. The molecule has 0 aromatic carbocycles. The van der Waals surface area contributed by atoms with E-state index >= 15 is 0 Å². The molecule has 5 heteroatoms. The van der Waals surface area contributed by atoms with Crippen LogP contribution in [0.5, 0.6) is 0 Å². The Bertz CT molecular complexity index is 438. The zero-order valence-corrected chi connectivity index (χ0v) is 12.4. The van der Waals surface area contributed by atoms with E-state index in [9.17, 15) is 0 Å². The van der Waals surface area contributed by atoms with Crippen LogP contribution in [0.2, 0.25) is 0 Å². The Labute approximate surface area is 113 Å². The van der Waals surface area contributed by atoms with Gasteiger partial charge in [0.15, 0.2) is 5.17 Å². The molecule has 2 rings (SSSR count). The Kier molecular flexibility index (Phi) is 4.32. The van der Waals surface area contributed by atoms with Gasteiger partial charge in [0.1, 0.15) is 0 Å². The summed E-state index contributed by atoms with van der Waals surface area (Å²) in [6.45, 7) is 7.36. The molecule has 2 atom stereocenters. The first-order valence-electron chi connectivity index (χ1n) is 6.55. The Morgan fingerprint density at radius 3 is 3.00 bits per heavy atom. The molecule has 0 saturated carbocycles. The third-order valence-electron chi connectivity index (χ3n) is 3.41. The van der Waals surface area contributed by atoms with Gasteiger partial charge in [0, 0.05) is 30.6 Å². The summed E-state index contributed by atoms with van der Waals surface area (Å²) < 4.78 is 1.88. The smallest absolute Gasteiger partial charge is 0.157 e. The molecule has 0 amide bonds. The molecule has 2 heterocycles. The van der Waals surface area contributed by atoms with Crippen molar-refractivity contribution < 1.29 is 0 Å². The second-order valence-corrected chi connectivity index (χ2v) is 5.98. The van der Waals surface area contributed by atoms with Crippen LogP contribution in [-0.4, -0.2) is 26.7 Å². The number of aromatic nitrogens is 2. The number of thioether (sulfide) groups is 1. The molecule has 1 N–H and O–H groups in total. The monoisotopic (exact) mass is 266 g/mol. The van der Waals surface area contributed by atoms with Crippen LogP contribution in [0.15, 0.2) is 11.2 Å². The van der Waals surface area contributed by atoms with E-state index in [0.717, 1.165) is 29.6 Å². The zero-order chi connectivity index (χ0) is 13.1. The number of hydrogen-bond acceptors (Lipinski definition) is 3. The van der Waals surface area contributed by atoms with Gasteiger partial charge >= 0.3 is 0 Å². The Morgan fingerprint density at radius 1 is 1.56 bits per heavy atom. The number of aliphatic imine (C=N–C) groups is 1. The van der Waals surface area contributed by atoms with E-state index < -0.39 is 0 Å². The van der Waals surface area contributed by atoms with Gasteiger partial charge in [-0.15, -0.1) is 0 Å². The molecule has 0 aliphatic carbocycles.